The molecule has 0 heterocycles. The Morgan fingerprint density at radius 2 is 2.11 bits per heavy atom. The molecule has 0 aromatic rings. The van der Waals surface area contributed by atoms with E-state index in [9.17, 15) is 0 Å². The van der Waals surface area contributed by atoms with E-state index in [1.807, 2.05) is 0 Å². The van der Waals surface area contributed by atoms with Crippen molar-refractivity contribution >= 4 is 0 Å². The van der Waals surface area contributed by atoms with Gasteiger partial charge in [0.25, 0.3) is 0 Å². The maximum absolute atomic E-state index is 8.78. The standard InChI is InChI=1S/C7H15NO/c1-8(2)7-4-3-6(7)5-9/h6-7,9H,3-5H2,1-2H3/t6-,7-/m1/s1. The van der Waals surface area contributed by atoms with E-state index in [0.717, 1.165) is 0 Å². The molecule has 0 unspecified atom stereocenters. The third kappa shape index (κ3) is 1.25. The van der Waals surface area contributed by atoms with E-state index >= 15 is 0 Å². The van der Waals surface area contributed by atoms with Crippen molar-refractivity contribution in [2.24, 2.45) is 5.92 Å². The Bertz CT molecular complexity index is 90.9. The summed E-state index contributed by atoms with van der Waals surface area (Å²) in [5.41, 5.74) is 0. The molecular formula is C7H15NO. The second-order valence-electron chi connectivity index (χ2n) is 3.05. The van der Waals surface area contributed by atoms with E-state index in [1.54, 1.807) is 0 Å². The molecule has 0 spiro atoms. The Labute approximate surface area is 56.5 Å². The molecule has 54 valence electrons. The van der Waals surface area contributed by atoms with Crippen LogP contribution in [0, 0.1) is 5.92 Å². The maximum atomic E-state index is 8.78. The van der Waals surface area contributed by atoms with Crippen LogP contribution in [0.4, 0.5) is 0 Å². The largest absolute Gasteiger partial charge is 0.396 e. The fourth-order valence-corrected chi connectivity index (χ4v) is 1.44. The highest BCUT2D eigenvalue weighted by Gasteiger charge is 2.31. The van der Waals surface area contributed by atoms with Crippen molar-refractivity contribution in [3.63, 3.8) is 0 Å². The molecule has 1 aliphatic rings. The summed E-state index contributed by atoms with van der Waals surface area (Å²) >= 11 is 0. The summed E-state index contributed by atoms with van der Waals surface area (Å²) in [6, 6.07) is 0.648. The number of hydrogen-bond donors (Lipinski definition) is 1. The zero-order valence-electron chi connectivity index (χ0n) is 6.17. The zero-order chi connectivity index (χ0) is 6.85. The molecule has 2 nitrogen and oxygen atoms in total. The molecule has 0 amide bonds. The molecule has 0 aliphatic heterocycles. The van der Waals surface area contributed by atoms with Crippen LogP contribution in [0.15, 0.2) is 0 Å². The molecule has 1 rings (SSSR count). The van der Waals surface area contributed by atoms with Gasteiger partial charge in [-0.1, -0.05) is 0 Å². The molecule has 0 aromatic carbocycles. The van der Waals surface area contributed by atoms with Crippen molar-refractivity contribution in [2.45, 2.75) is 18.9 Å². The normalized spacial score (nSPS) is 34.7. The second kappa shape index (κ2) is 2.67. The van der Waals surface area contributed by atoms with Gasteiger partial charge in [-0.05, 0) is 32.9 Å². The Kier molecular flexibility index (Phi) is 2.09. The second-order valence-corrected chi connectivity index (χ2v) is 3.05. The van der Waals surface area contributed by atoms with Crippen LogP contribution in [0.25, 0.3) is 0 Å². The Hall–Kier alpha value is -0.0800. The lowest BCUT2D eigenvalue weighted by Crippen LogP contribution is -2.44. The van der Waals surface area contributed by atoms with Gasteiger partial charge in [-0.3, -0.25) is 0 Å². The van der Waals surface area contributed by atoms with Crippen LogP contribution < -0.4 is 0 Å². The van der Waals surface area contributed by atoms with Crippen molar-refractivity contribution in [3.05, 3.63) is 0 Å². The monoisotopic (exact) mass is 129 g/mol. The van der Waals surface area contributed by atoms with Gasteiger partial charge >= 0.3 is 0 Å². The summed E-state index contributed by atoms with van der Waals surface area (Å²) in [4.78, 5) is 2.20. The van der Waals surface area contributed by atoms with E-state index in [2.05, 4.69) is 19.0 Å². The van der Waals surface area contributed by atoms with Crippen molar-refractivity contribution in [1.29, 1.82) is 0 Å². The van der Waals surface area contributed by atoms with Gasteiger partial charge in [0, 0.05) is 12.6 Å². The van der Waals surface area contributed by atoms with Gasteiger partial charge in [-0.15, -0.1) is 0 Å². The molecule has 0 saturated heterocycles. The lowest BCUT2D eigenvalue weighted by molar-refractivity contribution is 0.0557. The number of hydrogen-bond acceptors (Lipinski definition) is 2. The predicted octanol–water partition coefficient (Wildman–Crippen LogP) is 0.319. The van der Waals surface area contributed by atoms with E-state index in [-0.39, 0.29) is 0 Å². The van der Waals surface area contributed by atoms with Crippen molar-refractivity contribution in [1.82, 2.24) is 4.90 Å². The summed E-state index contributed by atoms with van der Waals surface area (Å²) in [7, 11) is 4.15. The molecule has 1 saturated carbocycles. The molecule has 9 heavy (non-hydrogen) atoms. The first-order valence-corrected chi connectivity index (χ1v) is 3.53. The molecule has 2 heteroatoms. The van der Waals surface area contributed by atoms with Crippen LogP contribution in [-0.2, 0) is 0 Å². The van der Waals surface area contributed by atoms with Gasteiger partial charge in [0.1, 0.15) is 0 Å². The Morgan fingerprint density at radius 1 is 1.44 bits per heavy atom. The molecule has 1 N–H and O–H groups in total. The van der Waals surface area contributed by atoms with E-state index < -0.39 is 0 Å². The predicted molar refractivity (Wildman–Crippen MR) is 37.3 cm³/mol. The van der Waals surface area contributed by atoms with E-state index in [0.29, 0.717) is 18.6 Å². The first kappa shape index (κ1) is 7.03. The topological polar surface area (TPSA) is 23.5 Å². The Morgan fingerprint density at radius 3 is 2.22 bits per heavy atom. The van der Waals surface area contributed by atoms with Gasteiger partial charge in [-0.25, -0.2) is 0 Å². The summed E-state index contributed by atoms with van der Waals surface area (Å²) < 4.78 is 0. The first-order valence-electron chi connectivity index (χ1n) is 3.53. The minimum atomic E-state index is 0.364. The van der Waals surface area contributed by atoms with Gasteiger partial charge in [0.05, 0.1) is 0 Å². The fourth-order valence-electron chi connectivity index (χ4n) is 1.44. The Balaban J connectivity index is 2.27. The highest BCUT2D eigenvalue weighted by atomic mass is 16.3. The van der Waals surface area contributed by atoms with Crippen LogP contribution in [-0.4, -0.2) is 36.8 Å². The minimum absolute atomic E-state index is 0.364. The molecule has 0 bridgehead atoms. The summed E-state index contributed by atoms with van der Waals surface area (Å²) in [6.07, 6.45) is 2.47. The molecule has 0 aromatic heterocycles. The van der Waals surface area contributed by atoms with E-state index in [4.69, 9.17) is 5.11 Å². The summed E-state index contributed by atoms with van der Waals surface area (Å²) in [5.74, 6) is 0.556. The van der Waals surface area contributed by atoms with Crippen LogP contribution >= 0.6 is 0 Å². The first-order chi connectivity index (χ1) is 4.25. The summed E-state index contributed by atoms with van der Waals surface area (Å²) in [5, 5.41) is 8.78. The fraction of sp³-hybridized carbons (Fsp3) is 1.00. The SMILES string of the molecule is CN(C)[C@@H]1CC[C@@H]1CO. The highest BCUT2D eigenvalue weighted by Crippen LogP contribution is 2.29. The molecule has 1 fully saturated rings. The number of aliphatic hydroxyl groups excluding tert-OH is 1. The highest BCUT2D eigenvalue weighted by molar-refractivity contribution is 4.85. The van der Waals surface area contributed by atoms with Crippen molar-refractivity contribution in [2.75, 3.05) is 20.7 Å². The number of nitrogens with zero attached hydrogens (tertiary/aromatic N) is 1. The average Bonchev–Trinajstić information content (AvgIpc) is 1.61. The molecule has 0 radical (unpaired) electrons. The number of aliphatic hydroxyl groups is 1. The quantitative estimate of drug-likeness (QED) is 0.580. The maximum Gasteiger partial charge on any atom is 0.0474 e. The third-order valence-electron chi connectivity index (χ3n) is 2.28. The van der Waals surface area contributed by atoms with Crippen LogP contribution in [0.2, 0.25) is 0 Å². The lowest BCUT2D eigenvalue weighted by Gasteiger charge is -2.39. The smallest absolute Gasteiger partial charge is 0.0474 e. The average molecular weight is 129 g/mol. The van der Waals surface area contributed by atoms with Gasteiger partial charge in [0.2, 0.25) is 0 Å². The van der Waals surface area contributed by atoms with Crippen LogP contribution in [0.3, 0.4) is 0 Å². The van der Waals surface area contributed by atoms with Gasteiger partial charge in [-0.2, -0.15) is 0 Å². The molecule has 2 atom stereocenters. The minimum Gasteiger partial charge on any atom is -0.396 e. The van der Waals surface area contributed by atoms with Gasteiger partial charge < -0.3 is 10.0 Å². The molecular weight excluding hydrogens is 114 g/mol. The van der Waals surface area contributed by atoms with E-state index in [1.165, 1.54) is 12.8 Å². The third-order valence-corrected chi connectivity index (χ3v) is 2.28. The van der Waals surface area contributed by atoms with Crippen molar-refractivity contribution < 1.29 is 5.11 Å². The zero-order valence-corrected chi connectivity index (χ0v) is 6.17. The molecule has 1 aliphatic carbocycles. The summed E-state index contributed by atoms with van der Waals surface area (Å²) in [6.45, 7) is 0.364. The van der Waals surface area contributed by atoms with Crippen LogP contribution in [0.5, 0.6) is 0 Å². The van der Waals surface area contributed by atoms with Crippen LogP contribution in [0.1, 0.15) is 12.8 Å². The number of rotatable bonds is 2. The van der Waals surface area contributed by atoms with Gasteiger partial charge in [0.15, 0.2) is 0 Å². The van der Waals surface area contributed by atoms with Crippen molar-refractivity contribution in [3.8, 4) is 0 Å². The lowest BCUT2D eigenvalue weighted by atomic mass is 9.79.